The van der Waals surface area contributed by atoms with Gasteiger partial charge in [0.25, 0.3) is 5.56 Å². The summed E-state index contributed by atoms with van der Waals surface area (Å²) in [5, 5.41) is 0. The first-order valence-electron chi connectivity index (χ1n) is 7.71. The summed E-state index contributed by atoms with van der Waals surface area (Å²) in [6.07, 6.45) is 7.18. The second-order valence-corrected chi connectivity index (χ2v) is 8.89. The Balaban J connectivity index is 1.68. The van der Waals surface area contributed by atoms with E-state index >= 15 is 0 Å². The first kappa shape index (κ1) is 14.2. The van der Waals surface area contributed by atoms with Crippen molar-refractivity contribution in [3.05, 3.63) is 27.0 Å². The maximum atomic E-state index is 12.6. The lowest BCUT2D eigenvalue weighted by molar-refractivity contribution is -0.00811. The van der Waals surface area contributed by atoms with Crippen LogP contribution in [0.25, 0.3) is 0 Å². The van der Waals surface area contributed by atoms with Crippen molar-refractivity contribution in [1.29, 1.82) is 0 Å². The molecule has 1 aromatic heterocycles. The molecular weight excluding hydrogens is 306 g/mol. The number of hydrogen-bond acceptors (Lipinski definition) is 4. The molecule has 0 amide bonds. The highest BCUT2D eigenvalue weighted by atomic mass is 32.2. The van der Waals surface area contributed by atoms with E-state index in [1.54, 1.807) is 0 Å². The lowest BCUT2D eigenvalue weighted by Crippen LogP contribution is -2.60. The Morgan fingerprint density at radius 1 is 1.05 bits per heavy atom. The van der Waals surface area contributed by atoms with Crippen LogP contribution in [0.2, 0.25) is 0 Å². The number of sulfonamides is 1. The minimum absolute atomic E-state index is 0.407. The molecule has 120 valence electrons. The third-order valence-electron chi connectivity index (χ3n) is 5.46. The van der Waals surface area contributed by atoms with Gasteiger partial charge in [-0.1, -0.05) is 0 Å². The third-order valence-corrected chi connectivity index (χ3v) is 7.05. The van der Waals surface area contributed by atoms with Gasteiger partial charge in [-0.3, -0.25) is 9.78 Å². The summed E-state index contributed by atoms with van der Waals surface area (Å²) >= 11 is 0. The summed E-state index contributed by atoms with van der Waals surface area (Å²) in [5.74, 6) is 1.80. The molecule has 0 atom stereocenters. The van der Waals surface area contributed by atoms with Gasteiger partial charge in [0.2, 0.25) is 10.0 Å². The first-order chi connectivity index (χ1) is 10.4. The molecule has 4 bridgehead atoms. The Morgan fingerprint density at radius 3 is 2.09 bits per heavy atom. The smallest absolute Gasteiger partial charge is 0.313 e. The van der Waals surface area contributed by atoms with E-state index < -0.39 is 31.7 Å². The van der Waals surface area contributed by atoms with Crippen LogP contribution >= 0.6 is 0 Å². The zero-order valence-corrected chi connectivity index (χ0v) is 12.9. The molecule has 0 saturated heterocycles. The molecule has 4 saturated carbocycles. The summed E-state index contributed by atoms with van der Waals surface area (Å²) < 4.78 is 28.0. The largest absolute Gasteiger partial charge is 0.325 e. The maximum absolute atomic E-state index is 12.6. The van der Waals surface area contributed by atoms with Gasteiger partial charge in [0.1, 0.15) is 0 Å². The van der Waals surface area contributed by atoms with Crippen molar-refractivity contribution < 1.29 is 8.42 Å². The molecule has 22 heavy (non-hydrogen) atoms. The second-order valence-electron chi connectivity index (χ2n) is 7.24. The standard InChI is InChI=1S/C14H19N3O4S/c18-12-11(7-15-13(19)16-12)22(20,21)17-14-4-8-1-9(5-14)3-10(2-8)6-14/h7-10,17H,1-6H2,(H2,15,16,18,19). The summed E-state index contributed by atoms with van der Waals surface area (Å²) in [4.78, 5) is 26.6. The predicted octanol–water partition coefficient (Wildman–Crippen LogP) is 0.310. The Morgan fingerprint density at radius 2 is 1.59 bits per heavy atom. The van der Waals surface area contributed by atoms with Crippen LogP contribution in [0.15, 0.2) is 20.7 Å². The van der Waals surface area contributed by atoms with E-state index in [9.17, 15) is 18.0 Å². The molecule has 7 nitrogen and oxygen atoms in total. The number of aromatic nitrogens is 2. The topological polar surface area (TPSA) is 112 Å². The molecule has 4 fully saturated rings. The average molecular weight is 325 g/mol. The molecular formula is C14H19N3O4S. The number of H-pyrrole nitrogens is 2. The molecule has 0 spiro atoms. The van der Waals surface area contributed by atoms with Crippen molar-refractivity contribution in [1.82, 2.24) is 14.7 Å². The number of hydrogen-bond donors (Lipinski definition) is 3. The molecule has 4 aliphatic rings. The summed E-state index contributed by atoms with van der Waals surface area (Å²) in [6, 6.07) is 0. The molecule has 0 aliphatic heterocycles. The fourth-order valence-corrected chi connectivity index (χ4v) is 6.61. The van der Waals surface area contributed by atoms with E-state index in [0.29, 0.717) is 17.8 Å². The second kappa shape index (κ2) is 4.55. The van der Waals surface area contributed by atoms with Gasteiger partial charge in [-0.05, 0) is 56.3 Å². The van der Waals surface area contributed by atoms with Gasteiger partial charge in [-0.15, -0.1) is 0 Å². The average Bonchev–Trinajstić information content (AvgIpc) is 2.34. The van der Waals surface area contributed by atoms with Gasteiger partial charge >= 0.3 is 5.69 Å². The van der Waals surface area contributed by atoms with E-state index in [-0.39, 0.29) is 0 Å². The molecule has 8 heteroatoms. The molecule has 3 N–H and O–H groups in total. The molecule has 0 unspecified atom stereocenters. The zero-order valence-electron chi connectivity index (χ0n) is 12.1. The molecule has 1 heterocycles. The van der Waals surface area contributed by atoms with Crippen LogP contribution in [0.5, 0.6) is 0 Å². The van der Waals surface area contributed by atoms with E-state index in [2.05, 4.69) is 9.71 Å². The third kappa shape index (κ3) is 2.25. The highest BCUT2D eigenvalue weighted by molar-refractivity contribution is 7.89. The van der Waals surface area contributed by atoms with Crippen LogP contribution < -0.4 is 16.0 Å². The normalized spacial score (nSPS) is 36.6. The highest BCUT2D eigenvalue weighted by Gasteiger charge is 2.52. The molecule has 0 aromatic carbocycles. The number of aromatic amines is 2. The van der Waals surface area contributed by atoms with Gasteiger partial charge in [0, 0.05) is 11.7 Å². The first-order valence-corrected chi connectivity index (χ1v) is 9.20. The summed E-state index contributed by atoms with van der Waals surface area (Å²) in [7, 11) is -3.93. The number of nitrogens with one attached hydrogen (secondary N) is 3. The van der Waals surface area contributed by atoms with Gasteiger partial charge in [-0.25, -0.2) is 17.9 Å². The van der Waals surface area contributed by atoms with Crippen molar-refractivity contribution >= 4 is 10.0 Å². The van der Waals surface area contributed by atoms with Crippen LogP contribution in [0, 0.1) is 17.8 Å². The zero-order chi connectivity index (χ0) is 15.5. The lowest BCUT2D eigenvalue weighted by Gasteiger charge is -2.56. The SMILES string of the molecule is O=c1[nH]cc(S(=O)(=O)NC23CC4CC(CC(C4)C2)C3)c(=O)[nH]1. The van der Waals surface area contributed by atoms with Gasteiger partial charge in [-0.2, -0.15) is 0 Å². The van der Waals surface area contributed by atoms with Gasteiger partial charge < -0.3 is 4.98 Å². The van der Waals surface area contributed by atoms with Crippen LogP contribution in [0.4, 0.5) is 0 Å². The van der Waals surface area contributed by atoms with Crippen molar-refractivity contribution in [3.63, 3.8) is 0 Å². The van der Waals surface area contributed by atoms with Crippen LogP contribution in [0.3, 0.4) is 0 Å². The van der Waals surface area contributed by atoms with Crippen molar-refractivity contribution in [2.24, 2.45) is 17.8 Å². The van der Waals surface area contributed by atoms with Crippen molar-refractivity contribution in [3.8, 4) is 0 Å². The fraction of sp³-hybridized carbons (Fsp3) is 0.714. The quantitative estimate of drug-likeness (QED) is 0.742. The fourth-order valence-electron chi connectivity index (χ4n) is 5.17. The van der Waals surface area contributed by atoms with Gasteiger partial charge in [0.05, 0.1) is 0 Å². The molecule has 0 radical (unpaired) electrons. The Kier molecular flexibility index (Phi) is 2.93. The highest BCUT2D eigenvalue weighted by Crippen LogP contribution is 2.55. The molecule has 1 aromatic rings. The van der Waals surface area contributed by atoms with E-state index in [1.165, 1.54) is 19.3 Å². The maximum Gasteiger partial charge on any atom is 0.325 e. The van der Waals surface area contributed by atoms with Gasteiger partial charge in [0.15, 0.2) is 4.90 Å². The number of rotatable bonds is 3. The minimum Gasteiger partial charge on any atom is -0.313 e. The van der Waals surface area contributed by atoms with Crippen molar-refractivity contribution in [2.75, 3.05) is 0 Å². The Hall–Kier alpha value is -1.41. The van der Waals surface area contributed by atoms with Crippen molar-refractivity contribution in [2.45, 2.75) is 49.0 Å². The van der Waals surface area contributed by atoms with Crippen LogP contribution in [-0.4, -0.2) is 23.9 Å². The monoisotopic (exact) mass is 325 g/mol. The van der Waals surface area contributed by atoms with E-state index in [1.807, 2.05) is 4.98 Å². The van der Waals surface area contributed by atoms with E-state index in [0.717, 1.165) is 25.5 Å². The Labute approximate surface area is 127 Å². The lowest BCUT2D eigenvalue weighted by atomic mass is 9.53. The van der Waals surface area contributed by atoms with Crippen LogP contribution in [0.1, 0.15) is 38.5 Å². The molecule has 5 rings (SSSR count). The summed E-state index contributed by atoms with van der Waals surface area (Å²) in [6.45, 7) is 0. The van der Waals surface area contributed by atoms with Crippen LogP contribution in [-0.2, 0) is 10.0 Å². The minimum atomic E-state index is -3.93. The molecule has 4 aliphatic carbocycles. The van der Waals surface area contributed by atoms with E-state index in [4.69, 9.17) is 0 Å². The summed E-state index contributed by atoms with van der Waals surface area (Å²) in [5.41, 5.74) is -1.99. The predicted molar refractivity (Wildman–Crippen MR) is 78.9 cm³/mol. The Bertz CT molecular complexity index is 788.